The Morgan fingerprint density at radius 2 is 1.89 bits per heavy atom. The Balaban J connectivity index is 1.57. The molecule has 4 rings (SSSR count). The third-order valence-corrected chi connectivity index (χ3v) is 5.21. The lowest BCUT2D eigenvalue weighted by molar-refractivity contribution is 0.0706. The van der Waals surface area contributed by atoms with Crippen molar-refractivity contribution >= 4 is 5.91 Å². The predicted molar refractivity (Wildman–Crippen MR) is 108 cm³/mol. The molecular weight excluding hydrogens is 350 g/mol. The van der Waals surface area contributed by atoms with Crippen molar-refractivity contribution in [3.05, 3.63) is 78.2 Å². The van der Waals surface area contributed by atoms with E-state index in [-0.39, 0.29) is 11.8 Å². The molecule has 1 saturated heterocycles. The number of likely N-dealkylation sites (tertiary alicyclic amines) is 1. The van der Waals surface area contributed by atoms with E-state index in [1.165, 1.54) is 0 Å². The summed E-state index contributed by atoms with van der Waals surface area (Å²) in [7, 11) is 1.67. The molecule has 0 bridgehead atoms. The van der Waals surface area contributed by atoms with E-state index in [1.54, 1.807) is 31.6 Å². The zero-order valence-electron chi connectivity index (χ0n) is 15.9. The van der Waals surface area contributed by atoms with Crippen LogP contribution in [0.25, 0.3) is 11.3 Å². The highest BCUT2D eigenvalue weighted by atomic mass is 16.5. The van der Waals surface area contributed by atoms with Crippen molar-refractivity contribution in [2.45, 2.75) is 18.8 Å². The predicted octanol–water partition coefficient (Wildman–Crippen LogP) is 4.17. The molecule has 1 aromatic carbocycles. The number of pyridine rings is 2. The number of nitrogens with zero attached hydrogens (tertiary/aromatic N) is 3. The second kappa shape index (κ2) is 8.21. The summed E-state index contributed by atoms with van der Waals surface area (Å²) < 4.78 is 5.48. The highest BCUT2D eigenvalue weighted by molar-refractivity contribution is 5.94. The highest BCUT2D eigenvalue weighted by Crippen LogP contribution is 2.31. The van der Waals surface area contributed by atoms with Gasteiger partial charge in [0.2, 0.25) is 0 Å². The number of hydrogen-bond acceptors (Lipinski definition) is 4. The van der Waals surface area contributed by atoms with Gasteiger partial charge >= 0.3 is 0 Å². The lowest BCUT2D eigenvalue weighted by Crippen LogP contribution is -2.39. The van der Waals surface area contributed by atoms with Crippen molar-refractivity contribution in [1.29, 1.82) is 0 Å². The van der Waals surface area contributed by atoms with Gasteiger partial charge in [-0.25, -0.2) is 0 Å². The Labute approximate surface area is 165 Å². The smallest absolute Gasteiger partial charge is 0.253 e. The molecule has 1 aliphatic rings. The summed E-state index contributed by atoms with van der Waals surface area (Å²) in [6.07, 6.45) is 5.32. The maximum atomic E-state index is 12.8. The summed E-state index contributed by atoms with van der Waals surface area (Å²) in [6.45, 7) is 1.47. The number of amides is 1. The van der Waals surface area contributed by atoms with Crippen molar-refractivity contribution in [1.82, 2.24) is 14.9 Å². The minimum atomic E-state index is 0.0629. The Kier molecular flexibility index (Phi) is 5.33. The molecule has 0 unspecified atom stereocenters. The molecule has 3 heterocycles. The zero-order chi connectivity index (χ0) is 19.3. The molecule has 28 heavy (non-hydrogen) atoms. The van der Waals surface area contributed by atoms with E-state index in [0.717, 1.165) is 42.1 Å². The molecule has 2 aromatic heterocycles. The largest absolute Gasteiger partial charge is 0.496 e. The summed E-state index contributed by atoms with van der Waals surface area (Å²) in [5, 5.41) is 0. The van der Waals surface area contributed by atoms with Gasteiger partial charge in [-0.2, -0.15) is 0 Å². The first-order valence-electron chi connectivity index (χ1n) is 9.56. The summed E-state index contributed by atoms with van der Waals surface area (Å²) in [5.41, 5.74) is 3.59. The van der Waals surface area contributed by atoms with Crippen molar-refractivity contribution < 1.29 is 9.53 Å². The van der Waals surface area contributed by atoms with E-state index in [0.29, 0.717) is 12.1 Å². The van der Waals surface area contributed by atoms with Crippen molar-refractivity contribution in [2.24, 2.45) is 0 Å². The van der Waals surface area contributed by atoms with E-state index < -0.39 is 0 Å². The van der Waals surface area contributed by atoms with Gasteiger partial charge in [-0.3, -0.25) is 14.8 Å². The molecule has 0 aliphatic carbocycles. The molecule has 1 amide bonds. The Morgan fingerprint density at radius 3 is 2.71 bits per heavy atom. The average Bonchev–Trinajstić information content (AvgIpc) is 2.79. The Bertz CT molecular complexity index is 959. The standard InChI is InChI=1S/C23H23N3O2/c1-28-22-10-3-2-7-19(22)21-9-4-8-20(25-21)18-6-5-15-26(16-18)23(27)17-11-13-24-14-12-17/h2-4,7-14,18H,5-6,15-16H2,1H3/t18-/m0/s1. The first-order chi connectivity index (χ1) is 13.8. The zero-order valence-corrected chi connectivity index (χ0v) is 15.9. The summed E-state index contributed by atoms with van der Waals surface area (Å²) in [5.74, 6) is 1.10. The van der Waals surface area contributed by atoms with Crippen LogP contribution in [0.15, 0.2) is 67.0 Å². The molecule has 0 spiro atoms. The van der Waals surface area contributed by atoms with Crippen LogP contribution in [0.5, 0.6) is 5.75 Å². The second-order valence-electron chi connectivity index (χ2n) is 6.97. The number of ether oxygens (including phenoxy) is 1. The van der Waals surface area contributed by atoms with Crippen LogP contribution in [-0.4, -0.2) is 41.0 Å². The second-order valence-corrected chi connectivity index (χ2v) is 6.97. The Morgan fingerprint density at radius 1 is 1.07 bits per heavy atom. The van der Waals surface area contributed by atoms with Gasteiger partial charge in [0.05, 0.1) is 12.8 Å². The lowest BCUT2D eigenvalue weighted by Gasteiger charge is -2.32. The molecule has 1 fully saturated rings. The van der Waals surface area contributed by atoms with Crippen LogP contribution in [0.1, 0.15) is 34.8 Å². The van der Waals surface area contributed by atoms with E-state index in [9.17, 15) is 4.79 Å². The van der Waals surface area contributed by atoms with Gasteiger partial charge in [-0.15, -0.1) is 0 Å². The topological polar surface area (TPSA) is 55.3 Å². The number of hydrogen-bond donors (Lipinski definition) is 0. The molecule has 0 radical (unpaired) electrons. The first-order valence-corrected chi connectivity index (χ1v) is 9.56. The van der Waals surface area contributed by atoms with Crippen LogP contribution >= 0.6 is 0 Å². The molecule has 1 atom stereocenters. The number of benzene rings is 1. The lowest BCUT2D eigenvalue weighted by atomic mass is 9.93. The van der Waals surface area contributed by atoms with E-state index in [1.807, 2.05) is 41.3 Å². The fourth-order valence-corrected chi connectivity index (χ4v) is 3.77. The van der Waals surface area contributed by atoms with Crippen LogP contribution < -0.4 is 4.74 Å². The number of methoxy groups -OCH3 is 1. The van der Waals surface area contributed by atoms with Crippen LogP contribution in [0, 0.1) is 0 Å². The molecule has 1 aliphatic heterocycles. The number of carbonyl (C=O) groups excluding carboxylic acids is 1. The molecule has 0 N–H and O–H groups in total. The highest BCUT2D eigenvalue weighted by Gasteiger charge is 2.26. The summed E-state index contributed by atoms with van der Waals surface area (Å²) in [4.78, 5) is 23.7. The molecular formula is C23H23N3O2. The van der Waals surface area contributed by atoms with E-state index in [2.05, 4.69) is 11.1 Å². The molecule has 5 nitrogen and oxygen atoms in total. The van der Waals surface area contributed by atoms with Gasteiger partial charge in [0, 0.05) is 48.2 Å². The third kappa shape index (κ3) is 3.74. The SMILES string of the molecule is COc1ccccc1-c1cccc([C@H]2CCCN(C(=O)c3ccncc3)C2)n1. The third-order valence-electron chi connectivity index (χ3n) is 5.21. The van der Waals surface area contributed by atoms with Crippen molar-refractivity contribution in [3.8, 4) is 17.0 Å². The number of rotatable bonds is 4. The van der Waals surface area contributed by atoms with Gasteiger partial charge in [0.1, 0.15) is 5.75 Å². The van der Waals surface area contributed by atoms with E-state index in [4.69, 9.17) is 9.72 Å². The number of para-hydroxylation sites is 1. The van der Waals surface area contributed by atoms with Crippen molar-refractivity contribution in [2.75, 3.05) is 20.2 Å². The van der Waals surface area contributed by atoms with Crippen LogP contribution in [-0.2, 0) is 0 Å². The number of piperidine rings is 1. The van der Waals surface area contributed by atoms with Gasteiger partial charge in [-0.1, -0.05) is 18.2 Å². The minimum Gasteiger partial charge on any atom is -0.496 e. The molecule has 142 valence electrons. The quantitative estimate of drug-likeness (QED) is 0.689. The molecule has 0 saturated carbocycles. The first kappa shape index (κ1) is 18.2. The number of carbonyl (C=O) groups is 1. The number of aromatic nitrogens is 2. The van der Waals surface area contributed by atoms with Crippen LogP contribution in [0.2, 0.25) is 0 Å². The minimum absolute atomic E-state index is 0.0629. The van der Waals surface area contributed by atoms with E-state index >= 15 is 0 Å². The normalized spacial score (nSPS) is 16.6. The average molecular weight is 373 g/mol. The van der Waals surface area contributed by atoms with Crippen molar-refractivity contribution in [3.63, 3.8) is 0 Å². The molecule has 5 heteroatoms. The van der Waals surface area contributed by atoms with Gasteiger partial charge in [0.25, 0.3) is 5.91 Å². The molecule has 3 aromatic rings. The van der Waals surface area contributed by atoms with Crippen LogP contribution in [0.4, 0.5) is 0 Å². The fourth-order valence-electron chi connectivity index (χ4n) is 3.77. The fraction of sp³-hybridized carbons (Fsp3) is 0.261. The maximum absolute atomic E-state index is 12.8. The maximum Gasteiger partial charge on any atom is 0.253 e. The Hall–Kier alpha value is -3.21. The monoisotopic (exact) mass is 373 g/mol. The van der Waals surface area contributed by atoms with Gasteiger partial charge in [0.15, 0.2) is 0 Å². The van der Waals surface area contributed by atoms with Gasteiger partial charge in [-0.05, 0) is 49.2 Å². The summed E-state index contributed by atoms with van der Waals surface area (Å²) >= 11 is 0. The van der Waals surface area contributed by atoms with Gasteiger partial charge < -0.3 is 9.64 Å². The van der Waals surface area contributed by atoms with Crippen LogP contribution in [0.3, 0.4) is 0 Å². The summed E-state index contributed by atoms with van der Waals surface area (Å²) in [6, 6.07) is 17.5.